The van der Waals surface area contributed by atoms with Crippen LogP contribution in [0.4, 0.5) is 0 Å². The van der Waals surface area contributed by atoms with Crippen LogP contribution in [0.1, 0.15) is 29.9 Å². The van der Waals surface area contributed by atoms with E-state index in [9.17, 15) is 23.1 Å². The molecule has 0 unspecified atom stereocenters. The third-order valence-corrected chi connectivity index (χ3v) is 6.72. The van der Waals surface area contributed by atoms with Crippen LogP contribution in [0.15, 0.2) is 16.3 Å². The summed E-state index contributed by atoms with van der Waals surface area (Å²) in [5, 5.41) is 13.2. The van der Waals surface area contributed by atoms with Gasteiger partial charge in [0.2, 0.25) is 10.0 Å². The Hall–Kier alpha value is -1.49. The van der Waals surface area contributed by atoms with Gasteiger partial charge in [0.15, 0.2) is 0 Å². The smallest absolute Gasteiger partial charge is 0.326 e. The van der Waals surface area contributed by atoms with Gasteiger partial charge < -0.3 is 15.2 Å². The van der Waals surface area contributed by atoms with Crippen LogP contribution < -0.4 is 5.32 Å². The van der Waals surface area contributed by atoms with Crippen molar-refractivity contribution in [3.8, 4) is 0 Å². The maximum Gasteiger partial charge on any atom is 0.326 e. The van der Waals surface area contributed by atoms with Crippen molar-refractivity contribution in [2.24, 2.45) is 5.92 Å². The van der Waals surface area contributed by atoms with Crippen LogP contribution in [0.5, 0.6) is 0 Å². The van der Waals surface area contributed by atoms with Gasteiger partial charge in [0.25, 0.3) is 5.91 Å². The third kappa shape index (κ3) is 4.78. The van der Waals surface area contributed by atoms with Gasteiger partial charge in [-0.1, -0.05) is 13.8 Å². The highest BCUT2D eigenvalue weighted by Gasteiger charge is 2.32. The number of ether oxygens (including phenoxy) is 1. The fourth-order valence-electron chi connectivity index (χ4n) is 2.51. The van der Waals surface area contributed by atoms with Crippen molar-refractivity contribution >= 4 is 33.2 Å². The zero-order chi connectivity index (χ0) is 18.6. The van der Waals surface area contributed by atoms with E-state index in [4.69, 9.17) is 4.74 Å². The van der Waals surface area contributed by atoms with Crippen molar-refractivity contribution in [3.05, 3.63) is 16.3 Å². The lowest BCUT2D eigenvalue weighted by molar-refractivity contribution is -0.139. The number of rotatable bonds is 7. The molecule has 2 rings (SSSR count). The molecule has 0 radical (unpaired) electrons. The number of sulfonamides is 1. The molecule has 1 saturated heterocycles. The summed E-state index contributed by atoms with van der Waals surface area (Å²) in [6.07, 6.45) is 0.262. The lowest BCUT2D eigenvalue weighted by Crippen LogP contribution is -2.43. The molecule has 1 atom stereocenters. The van der Waals surface area contributed by atoms with E-state index in [1.165, 1.54) is 15.8 Å². The van der Waals surface area contributed by atoms with Crippen LogP contribution in [-0.4, -0.2) is 62.1 Å². The van der Waals surface area contributed by atoms with E-state index in [1.54, 1.807) is 0 Å². The van der Waals surface area contributed by atoms with Crippen LogP contribution in [-0.2, 0) is 19.6 Å². The van der Waals surface area contributed by atoms with Gasteiger partial charge in [-0.05, 0) is 23.8 Å². The standard InChI is InChI=1S/C15H22N2O6S2/c1-10(2)9-11(15(19)20)16-14(18)13-12(3-8-24-13)25(21,22)17-4-6-23-7-5-17/h3,8,10-11H,4-7,9H2,1-2H3,(H,16,18)(H,19,20)/t11-/m1/s1. The van der Waals surface area contributed by atoms with Crippen LogP contribution in [0.25, 0.3) is 0 Å². The Morgan fingerprint density at radius 2 is 2.00 bits per heavy atom. The number of thiophene rings is 1. The molecule has 0 bridgehead atoms. The number of carbonyl (C=O) groups excluding carboxylic acids is 1. The minimum absolute atomic E-state index is 0.00139. The lowest BCUT2D eigenvalue weighted by Gasteiger charge is -2.26. The predicted octanol–water partition coefficient (Wildman–Crippen LogP) is 0.998. The molecule has 1 aliphatic heterocycles. The molecule has 0 aromatic carbocycles. The molecule has 0 saturated carbocycles. The number of hydrogen-bond acceptors (Lipinski definition) is 6. The van der Waals surface area contributed by atoms with Gasteiger partial charge in [-0.2, -0.15) is 4.31 Å². The Kier molecular flexibility index (Phi) is 6.55. The molecule has 0 aliphatic carbocycles. The largest absolute Gasteiger partial charge is 0.480 e. The highest BCUT2D eigenvalue weighted by atomic mass is 32.2. The number of carboxylic acids is 1. The molecule has 1 aliphatic rings. The zero-order valence-electron chi connectivity index (χ0n) is 14.1. The first-order chi connectivity index (χ1) is 11.7. The van der Waals surface area contributed by atoms with Gasteiger partial charge in [-0.3, -0.25) is 4.79 Å². The number of nitrogens with one attached hydrogen (secondary N) is 1. The van der Waals surface area contributed by atoms with Gasteiger partial charge >= 0.3 is 5.97 Å². The SMILES string of the molecule is CC(C)C[C@@H](NC(=O)c1sccc1S(=O)(=O)N1CCOCC1)C(=O)O. The molecule has 1 amide bonds. The summed E-state index contributed by atoms with van der Waals surface area (Å²) in [5.74, 6) is -1.76. The molecule has 2 heterocycles. The van der Waals surface area contributed by atoms with E-state index in [-0.39, 0.29) is 35.2 Å². The summed E-state index contributed by atoms with van der Waals surface area (Å²) in [4.78, 5) is 23.7. The Bertz CT molecular complexity index is 722. The summed E-state index contributed by atoms with van der Waals surface area (Å²) in [7, 11) is -3.82. The number of aliphatic carboxylic acids is 1. The van der Waals surface area contributed by atoms with E-state index < -0.39 is 27.9 Å². The predicted molar refractivity (Wildman–Crippen MR) is 92.2 cm³/mol. The lowest BCUT2D eigenvalue weighted by atomic mass is 10.0. The van der Waals surface area contributed by atoms with Crippen LogP contribution >= 0.6 is 11.3 Å². The third-order valence-electron chi connectivity index (χ3n) is 3.73. The molecule has 1 aromatic rings. The summed E-state index contributed by atoms with van der Waals surface area (Å²) >= 11 is 0.979. The van der Waals surface area contributed by atoms with Gasteiger partial charge in [0.05, 0.1) is 13.2 Å². The minimum atomic E-state index is -3.82. The maximum atomic E-state index is 12.8. The average Bonchev–Trinajstić information content (AvgIpc) is 3.05. The molecule has 8 nitrogen and oxygen atoms in total. The Morgan fingerprint density at radius 3 is 2.56 bits per heavy atom. The number of morpholine rings is 1. The molecule has 0 spiro atoms. The van der Waals surface area contributed by atoms with Gasteiger partial charge in [-0.15, -0.1) is 11.3 Å². The van der Waals surface area contributed by atoms with Gasteiger partial charge in [-0.25, -0.2) is 13.2 Å². The van der Waals surface area contributed by atoms with Crippen molar-refractivity contribution in [1.82, 2.24) is 9.62 Å². The van der Waals surface area contributed by atoms with Crippen molar-refractivity contribution in [2.45, 2.75) is 31.2 Å². The highest BCUT2D eigenvalue weighted by Crippen LogP contribution is 2.26. The van der Waals surface area contributed by atoms with Gasteiger partial charge in [0, 0.05) is 13.1 Å². The number of amides is 1. The van der Waals surface area contributed by atoms with Gasteiger partial charge in [0.1, 0.15) is 15.8 Å². The number of carbonyl (C=O) groups is 2. The van der Waals surface area contributed by atoms with Crippen molar-refractivity contribution in [3.63, 3.8) is 0 Å². The molecule has 10 heteroatoms. The summed E-state index contributed by atoms with van der Waals surface area (Å²) in [6, 6.07) is 0.316. The highest BCUT2D eigenvalue weighted by molar-refractivity contribution is 7.89. The number of hydrogen-bond donors (Lipinski definition) is 2. The Labute approximate surface area is 150 Å². The normalized spacial score (nSPS) is 17.4. The van der Waals surface area contributed by atoms with Crippen molar-refractivity contribution in [1.29, 1.82) is 0 Å². The molecule has 140 valence electrons. The topological polar surface area (TPSA) is 113 Å². The Morgan fingerprint density at radius 1 is 1.36 bits per heavy atom. The maximum absolute atomic E-state index is 12.8. The van der Waals surface area contributed by atoms with Crippen molar-refractivity contribution < 1.29 is 27.9 Å². The fraction of sp³-hybridized carbons (Fsp3) is 0.600. The first-order valence-corrected chi connectivity index (χ1v) is 10.2. The number of carboxylic acid groups (broad SMARTS) is 1. The quantitative estimate of drug-likeness (QED) is 0.718. The second-order valence-corrected chi connectivity index (χ2v) is 8.95. The minimum Gasteiger partial charge on any atom is -0.480 e. The van der Waals surface area contributed by atoms with Crippen LogP contribution in [0.3, 0.4) is 0 Å². The van der Waals surface area contributed by atoms with E-state index in [2.05, 4.69) is 5.32 Å². The zero-order valence-corrected chi connectivity index (χ0v) is 15.7. The van der Waals surface area contributed by atoms with E-state index in [0.717, 1.165) is 11.3 Å². The average molecular weight is 390 g/mol. The monoisotopic (exact) mass is 390 g/mol. The second-order valence-electron chi connectivity index (χ2n) is 6.12. The van der Waals surface area contributed by atoms with E-state index >= 15 is 0 Å². The molecule has 1 aromatic heterocycles. The molecule has 2 N–H and O–H groups in total. The van der Waals surface area contributed by atoms with E-state index in [0.29, 0.717) is 13.2 Å². The van der Waals surface area contributed by atoms with Crippen LogP contribution in [0.2, 0.25) is 0 Å². The summed E-state index contributed by atoms with van der Waals surface area (Å²) in [6.45, 7) is 4.76. The Balaban J connectivity index is 2.22. The fourth-order valence-corrected chi connectivity index (χ4v) is 5.22. The number of nitrogens with zero attached hydrogens (tertiary/aromatic N) is 1. The summed E-state index contributed by atoms with van der Waals surface area (Å²) < 4.78 is 31.9. The molecular formula is C15H22N2O6S2. The molecule has 1 fully saturated rings. The molecular weight excluding hydrogens is 368 g/mol. The first-order valence-electron chi connectivity index (χ1n) is 7.92. The second kappa shape index (κ2) is 8.26. The summed E-state index contributed by atoms with van der Waals surface area (Å²) in [5.41, 5.74) is 0. The van der Waals surface area contributed by atoms with Crippen molar-refractivity contribution in [2.75, 3.05) is 26.3 Å². The molecule has 25 heavy (non-hydrogen) atoms. The van der Waals surface area contributed by atoms with E-state index in [1.807, 2.05) is 13.8 Å². The first kappa shape index (κ1) is 19.8. The van der Waals surface area contributed by atoms with Crippen LogP contribution in [0, 0.1) is 5.92 Å².